The lowest BCUT2D eigenvalue weighted by Gasteiger charge is -2.49. The zero-order valence-corrected chi connectivity index (χ0v) is 62.6. The normalized spacial score (nSPS) is 23.3. The van der Waals surface area contributed by atoms with E-state index in [1.54, 1.807) is 98.3 Å². The average molecular weight is 1510 g/mol. The zero-order valence-electron chi connectivity index (χ0n) is 51.1. The molecule has 10 aliphatic carbocycles. The lowest BCUT2D eigenvalue weighted by atomic mass is 9.52. The van der Waals surface area contributed by atoms with E-state index >= 15 is 0 Å². The van der Waals surface area contributed by atoms with Gasteiger partial charge in [-0.05, 0) is 254 Å². The molecule has 8 nitrogen and oxygen atoms in total. The van der Waals surface area contributed by atoms with E-state index in [0.29, 0.717) is 19.3 Å². The summed E-state index contributed by atoms with van der Waals surface area (Å²) in [7, 11) is 20.4. The molecule has 18 rings (SSSR count). The number of carbonyl (C=O) groups is 4. The Labute approximate surface area is 603 Å². The van der Waals surface area contributed by atoms with Crippen molar-refractivity contribution in [3.05, 3.63) is 285 Å². The van der Waals surface area contributed by atoms with Gasteiger partial charge < -0.3 is 20.4 Å². The predicted molar refractivity (Wildman–Crippen MR) is 423 cm³/mol. The van der Waals surface area contributed by atoms with Crippen LogP contribution in [-0.4, -0.2) is 44.3 Å². The van der Waals surface area contributed by atoms with Crippen LogP contribution in [0, 0.1) is 22.3 Å². The van der Waals surface area contributed by atoms with E-state index in [2.05, 4.69) is 182 Å². The van der Waals surface area contributed by atoms with Gasteiger partial charge in [-0.15, -0.1) is 0 Å². The van der Waals surface area contributed by atoms with E-state index in [1.807, 2.05) is 75.4 Å². The molecule has 0 saturated heterocycles. The maximum absolute atomic E-state index is 11.9. The van der Waals surface area contributed by atoms with Gasteiger partial charge in [-0.1, -0.05) is 200 Å². The van der Waals surface area contributed by atoms with Crippen molar-refractivity contribution in [3.63, 3.8) is 0 Å². The number of carboxylic acids is 4. The summed E-state index contributed by atoms with van der Waals surface area (Å²) in [4.78, 5) is 45.2. The van der Waals surface area contributed by atoms with Crippen LogP contribution in [-0.2, 0) is 19.2 Å². The topological polar surface area (TPSA) is 149 Å². The first-order valence-corrected chi connectivity index (χ1v) is 47.2. The molecule has 6 bridgehead atoms. The molecule has 0 radical (unpaired) electrons. The average Bonchev–Trinajstić information content (AvgIpc) is 0.722. The lowest BCUT2D eigenvalue weighted by molar-refractivity contribution is -0.151. The molecule has 0 heterocycles. The van der Waals surface area contributed by atoms with Gasteiger partial charge in [-0.25, -0.2) is 4.79 Å². The Kier molecular flexibility index (Phi) is 25.7. The molecule has 5 atom stereocenters. The van der Waals surface area contributed by atoms with E-state index in [4.69, 9.17) is 5.11 Å². The quantitative estimate of drug-likeness (QED) is 0.0144. The maximum atomic E-state index is 11.9. The van der Waals surface area contributed by atoms with Gasteiger partial charge in [0.25, 0.3) is 0 Å². The Balaban J connectivity index is 0.000000127. The monoisotopic (exact) mass is 1510 g/mol. The Morgan fingerprint density at radius 2 is 0.660 bits per heavy atom. The summed E-state index contributed by atoms with van der Waals surface area (Å²) in [5.41, 5.74) is 13.0. The highest BCUT2D eigenvalue weighted by Gasteiger charge is 2.58. The first kappa shape index (κ1) is 72.7. The van der Waals surface area contributed by atoms with Gasteiger partial charge >= 0.3 is 23.9 Å². The van der Waals surface area contributed by atoms with Crippen molar-refractivity contribution in [2.45, 2.75) is 82.5 Å². The third kappa shape index (κ3) is 15.7. The molecular weight excluding hydrogens is 1440 g/mol. The van der Waals surface area contributed by atoms with Crippen molar-refractivity contribution in [2.75, 3.05) is 0 Å². The highest BCUT2D eigenvalue weighted by molar-refractivity contribution is 9.56. The molecular formula is C72H65O8S14+. The van der Waals surface area contributed by atoms with Gasteiger partial charge in [-0.2, -0.15) is 0 Å². The van der Waals surface area contributed by atoms with E-state index < -0.39 is 40.1 Å². The number of carboxylic acid groups (broad SMARTS) is 4. The first-order chi connectivity index (χ1) is 45.4. The lowest BCUT2D eigenvalue weighted by Crippen LogP contribution is -2.44. The van der Waals surface area contributed by atoms with Crippen LogP contribution in [0.4, 0.5) is 0 Å². The van der Waals surface area contributed by atoms with Crippen LogP contribution in [0.15, 0.2) is 224 Å². The predicted octanol–water partition coefficient (Wildman–Crippen LogP) is 24.3. The molecule has 8 aromatic rings. The SMILES string of the molecule is C=C(C)C(=O)O.CC1(C(=O)O)CC2C3=C(C=C[C+]=C3)C1c1ccccc12.CC1(C(=O)O)CC2c3ccccc3C1c1ccccc12.CC1(C(=O)O)CC2c3ccccc3C1c1ccccc12.SSSSSSSSSSSSSS.c1ccc2cc3ccccc3cc2c1. The summed E-state index contributed by atoms with van der Waals surface area (Å²) in [6.45, 7) is 10.3. The second-order valence-corrected chi connectivity index (χ2v) is 45.5. The Morgan fingerprint density at radius 1 is 0.404 bits per heavy atom. The van der Waals surface area contributed by atoms with Crippen LogP contribution in [0.2, 0.25) is 0 Å². The summed E-state index contributed by atoms with van der Waals surface area (Å²) in [6, 6.07) is 63.0. The van der Waals surface area contributed by atoms with E-state index in [-0.39, 0.29) is 41.1 Å². The van der Waals surface area contributed by atoms with Crippen LogP contribution in [0.3, 0.4) is 0 Å². The van der Waals surface area contributed by atoms with Crippen molar-refractivity contribution in [3.8, 4) is 0 Å². The molecule has 484 valence electrons. The van der Waals surface area contributed by atoms with Crippen LogP contribution in [0.25, 0.3) is 21.5 Å². The molecule has 10 aliphatic rings. The second kappa shape index (κ2) is 33.2. The van der Waals surface area contributed by atoms with Crippen molar-refractivity contribution < 1.29 is 39.6 Å². The van der Waals surface area contributed by atoms with Crippen LogP contribution in [0.1, 0.15) is 138 Å². The summed E-state index contributed by atoms with van der Waals surface area (Å²) in [6.07, 6.45) is 11.2. The standard InChI is InChI=1S/2C18H16O2.C18H14O2.C14H10.C4H6O2.H2S14/c3*1-18(17(19)20)10-15-11-6-2-4-8-13(11)16(18)14-9-5-3-7-12(14)15;1-2-6-12-10-14-8-4-3-7-13(14)9-11(12)5-1;1-3(2)4(5)6;1-3-5-7-9-11-13-14-12-10-8-6-4-2/h2*2-9,15-16H,10H2,1H3,(H,19,20);2,4-9,15-16H,10H2,1H3;1-10H;1H2,2H3,(H,5,6);1-2H/p+1. The largest absolute Gasteiger partial charge is 0.481 e. The molecule has 4 N–H and O–H groups in total. The summed E-state index contributed by atoms with van der Waals surface area (Å²) < 4.78 is 0. The number of fused-ring (bicyclic) bond motifs is 5. The van der Waals surface area contributed by atoms with Crippen LogP contribution >= 0.6 is 141 Å². The molecule has 0 aliphatic heterocycles. The molecule has 0 amide bonds. The van der Waals surface area contributed by atoms with Crippen molar-refractivity contribution in [1.82, 2.24) is 0 Å². The molecule has 0 aromatic heterocycles. The Hall–Kier alpha value is -4.07. The highest BCUT2D eigenvalue weighted by Crippen LogP contribution is 2.65. The van der Waals surface area contributed by atoms with Crippen molar-refractivity contribution >= 4 is 187 Å². The highest BCUT2D eigenvalue weighted by atomic mass is 34.0. The second-order valence-electron chi connectivity index (χ2n) is 23.9. The van der Waals surface area contributed by atoms with E-state index in [9.17, 15) is 34.5 Å². The minimum absolute atomic E-state index is 0.0302. The minimum Gasteiger partial charge on any atom is -0.481 e. The minimum atomic E-state index is -0.935. The Bertz CT molecular complexity index is 3870. The van der Waals surface area contributed by atoms with Crippen LogP contribution in [0.5, 0.6) is 0 Å². The van der Waals surface area contributed by atoms with Gasteiger partial charge in [0.15, 0.2) is 0 Å². The van der Waals surface area contributed by atoms with Crippen LogP contribution < -0.4 is 0 Å². The molecule has 0 spiro atoms. The van der Waals surface area contributed by atoms with E-state index in [1.165, 1.54) is 115 Å². The number of thiol groups is 2. The molecule has 94 heavy (non-hydrogen) atoms. The number of aliphatic carboxylic acids is 4. The number of hydrogen-bond acceptors (Lipinski definition) is 18. The first-order valence-electron chi connectivity index (χ1n) is 29.6. The molecule has 5 unspecified atom stereocenters. The van der Waals surface area contributed by atoms with Gasteiger partial charge in [0.05, 0.1) is 45.3 Å². The molecule has 8 aromatic carbocycles. The van der Waals surface area contributed by atoms with Gasteiger partial charge in [0, 0.05) is 35.3 Å². The zero-order chi connectivity index (χ0) is 66.7. The molecule has 0 fully saturated rings. The number of allylic oxidation sites excluding steroid dienone is 6. The van der Waals surface area contributed by atoms with Crippen molar-refractivity contribution in [1.29, 1.82) is 0 Å². The maximum Gasteiger partial charge on any atom is 0.330 e. The fourth-order valence-corrected chi connectivity index (χ4v) is 42.4. The van der Waals surface area contributed by atoms with Gasteiger partial charge in [0.2, 0.25) is 0 Å². The van der Waals surface area contributed by atoms with Crippen molar-refractivity contribution in [2.24, 2.45) is 16.2 Å². The summed E-state index contributed by atoms with van der Waals surface area (Å²) >= 11 is 8.03. The smallest absolute Gasteiger partial charge is 0.330 e. The third-order valence-electron chi connectivity index (χ3n) is 18.6. The summed E-state index contributed by atoms with van der Waals surface area (Å²) in [5, 5.41) is 42.4. The number of hydrogen-bond donors (Lipinski definition) is 6. The third-order valence-corrected chi connectivity index (χ3v) is 43.5. The molecule has 0 saturated carbocycles. The van der Waals surface area contributed by atoms with Gasteiger partial charge in [0.1, 0.15) is 12.2 Å². The number of benzene rings is 8. The fraction of sp³-hybridized carbons (Fsp3) is 0.222. The summed E-state index contributed by atoms with van der Waals surface area (Å²) in [5.74, 6) is -2.49. The van der Waals surface area contributed by atoms with Gasteiger partial charge in [-0.3, -0.25) is 14.4 Å². The number of rotatable bonds is 15. The van der Waals surface area contributed by atoms with E-state index in [0.717, 1.165) is 0 Å². The Morgan fingerprint density at radius 3 is 0.957 bits per heavy atom. The molecule has 22 heteroatoms. The fourth-order valence-electron chi connectivity index (χ4n) is 14.5.